The minimum atomic E-state index is -0.606. The summed E-state index contributed by atoms with van der Waals surface area (Å²) in [5, 5.41) is 15.2. The van der Waals surface area contributed by atoms with Gasteiger partial charge in [0.25, 0.3) is 0 Å². The van der Waals surface area contributed by atoms with Crippen LogP contribution in [0.3, 0.4) is 0 Å². The number of hydrogen-bond donors (Lipinski definition) is 3. The molecule has 0 spiro atoms. The van der Waals surface area contributed by atoms with E-state index in [0.717, 1.165) is 44.0 Å². The minimum absolute atomic E-state index is 0.0173. The maximum absolute atomic E-state index is 11.9. The summed E-state index contributed by atoms with van der Waals surface area (Å²) in [4.78, 5) is 24.4. The quantitative estimate of drug-likeness (QED) is 0.106. The zero-order valence-corrected chi connectivity index (χ0v) is 27.4. The number of nitrogens with one attached hydrogen (secondary N) is 2. The van der Waals surface area contributed by atoms with Crippen LogP contribution < -0.4 is 10.6 Å². The van der Waals surface area contributed by atoms with Gasteiger partial charge in [-0.05, 0) is 64.2 Å². The number of aliphatic hydroxyl groups excluding tert-OH is 1. The van der Waals surface area contributed by atoms with Gasteiger partial charge in [0.15, 0.2) is 6.29 Å². The number of amides is 2. The van der Waals surface area contributed by atoms with E-state index >= 15 is 0 Å². The van der Waals surface area contributed by atoms with Crippen molar-refractivity contribution in [1.29, 1.82) is 0 Å². The van der Waals surface area contributed by atoms with Crippen LogP contribution in [0.2, 0.25) is 0 Å². The Bertz CT molecular complexity index is 1660. The molecule has 1 aliphatic heterocycles. The van der Waals surface area contributed by atoms with E-state index < -0.39 is 12.4 Å². The van der Waals surface area contributed by atoms with Crippen molar-refractivity contribution in [2.45, 2.75) is 50.4 Å². The molecular formula is C38H40N2O6S. The molecule has 0 saturated carbocycles. The van der Waals surface area contributed by atoms with Gasteiger partial charge in [-0.2, -0.15) is 0 Å². The summed E-state index contributed by atoms with van der Waals surface area (Å²) in [7, 11) is 0. The van der Waals surface area contributed by atoms with Gasteiger partial charge in [-0.15, -0.1) is 11.8 Å². The number of hydrogen-bond acceptors (Lipinski definition) is 7. The molecule has 1 aliphatic rings. The molecule has 1 fully saturated rings. The number of benzene rings is 4. The van der Waals surface area contributed by atoms with E-state index in [1.807, 2.05) is 91.0 Å². The molecule has 4 aromatic carbocycles. The lowest BCUT2D eigenvalue weighted by atomic mass is 9.91. The molecule has 47 heavy (non-hydrogen) atoms. The molecule has 4 atom stereocenters. The normalized spacial score (nSPS) is 19.0. The smallest absolute Gasteiger partial charge is 0.407 e. The van der Waals surface area contributed by atoms with E-state index in [0.29, 0.717) is 12.3 Å². The maximum atomic E-state index is 11.9. The van der Waals surface area contributed by atoms with Crippen LogP contribution in [0, 0.1) is 5.92 Å². The van der Waals surface area contributed by atoms with Crippen molar-refractivity contribution in [3.05, 3.63) is 132 Å². The third-order valence-corrected chi connectivity index (χ3v) is 9.00. The lowest BCUT2D eigenvalue weighted by molar-refractivity contribution is -0.268. The zero-order chi connectivity index (χ0) is 33.2. The van der Waals surface area contributed by atoms with Gasteiger partial charge in [0, 0.05) is 41.3 Å². The highest BCUT2D eigenvalue weighted by molar-refractivity contribution is 7.99. The summed E-state index contributed by atoms with van der Waals surface area (Å²) >= 11 is 1.70. The molecule has 0 radical (unpaired) electrons. The maximum Gasteiger partial charge on any atom is 0.407 e. The summed E-state index contributed by atoms with van der Waals surface area (Å²) in [5.74, 6) is 0.646. The Hall–Kier alpha value is -4.41. The average Bonchev–Trinajstić information content (AvgIpc) is 3.10. The zero-order valence-electron chi connectivity index (χ0n) is 26.6. The van der Waals surface area contributed by atoms with E-state index in [4.69, 9.17) is 14.2 Å². The second-order valence-corrected chi connectivity index (χ2v) is 12.5. The predicted molar refractivity (Wildman–Crippen MR) is 185 cm³/mol. The van der Waals surface area contributed by atoms with Crippen LogP contribution in [0.4, 0.5) is 10.5 Å². The number of carbonyl (C=O) groups is 2. The highest BCUT2D eigenvalue weighted by Crippen LogP contribution is 2.43. The van der Waals surface area contributed by atoms with Crippen LogP contribution in [0.5, 0.6) is 0 Å². The molecule has 5 rings (SSSR count). The third kappa shape index (κ3) is 9.33. The first kappa shape index (κ1) is 33.9. The standard InChI is InChI=1S/C38H40N2O6S/c1-4-19-44-38(43)39-22-28-7-5-8-30(20-28)31-9-6-10-32(21-31)37-45-35(24-47-34-17-15-33(16-18-34)40-26(3)42)25(2)36(46-37)29-13-11-27(23-41)12-14-29/h4-18,20-21,25,35-37,41H,1,19,22-24H2,2-3H3,(H,39,43)(H,40,42). The lowest BCUT2D eigenvalue weighted by Gasteiger charge is -2.41. The van der Waals surface area contributed by atoms with E-state index in [1.165, 1.54) is 13.0 Å². The molecule has 9 heteroatoms. The first-order valence-electron chi connectivity index (χ1n) is 15.5. The summed E-state index contributed by atoms with van der Waals surface area (Å²) in [6.45, 7) is 7.68. The Balaban J connectivity index is 1.35. The summed E-state index contributed by atoms with van der Waals surface area (Å²) < 4.78 is 18.4. The monoisotopic (exact) mass is 652 g/mol. The van der Waals surface area contributed by atoms with Gasteiger partial charge in [-0.3, -0.25) is 4.79 Å². The van der Waals surface area contributed by atoms with Gasteiger partial charge >= 0.3 is 6.09 Å². The Labute approximate surface area is 280 Å². The largest absolute Gasteiger partial charge is 0.445 e. The first-order chi connectivity index (χ1) is 22.8. The van der Waals surface area contributed by atoms with Crippen molar-refractivity contribution in [3.8, 4) is 11.1 Å². The van der Waals surface area contributed by atoms with Crippen molar-refractivity contribution < 1.29 is 28.9 Å². The fourth-order valence-electron chi connectivity index (χ4n) is 5.41. The number of thioether (sulfide) groups is 1. The predicted octanol–water partition coefficient (Wildman–Crippen LogP) is 7.80. The van der Waals surface area contributed by atoms with E-state index in [1.54, 1.807) is 11.8 Å². The summed E-state index contributed by atoms with van der Waals surface area (Å²) in [6, 6.07) is 31.8. The van der Waals surface area contributed by atoms with E-state index in [9.17, 15) is 14.7 Å². The molecule has 0 aliphatic carbocycles. The fraction of sp³-hybridized carbons (Fsp3) is 0.263. The minimum Gasteiger partial charge on any atom is -0.445 e. The van der Waals surface area contributed by atoms with Crippen LogP contribution in [-0.4, -0.2) is 35.6 Å². The number of alkyl carbamates (subject to hydrolysis) is 1. The number of rotatable bonds is 12. The number of aliphatic hydroxyl groups is 1. The number of carbonyl (C=O) groups excluding carboxylic acids is 2. The Morgan fingerprint density at radius 2 is 1.64 bits per heavy atom. The van der Waals surface area contributed by atoms with Crippen LogP contribution in [-0.2, 0) is 32.2 Å². The van der Waals surface area contributed by atoms with Crippen molar-refractivity contribution in [3.63, 3.8) is 0 Å². The van der Waals surface area contributed by atoms with Crippen molar-refractivity contribution in [2.75, 3.05) is 17.7 Å². The lowest BCUT2D eigenvalue weighted by Crippen LogP contribution is -2.38. The summed E-state index contributed by atoms with van der Waals surface area (Å²) in [6.07, 6.45) is 0.0705. The van der Waals surface area contributed by atoms with Gasteiger partial charge in [-0.1, -0.05) is 80.2 Å². The summed E-state index contributed by atoms with van der Waals surface area (Å²) in [5.41, 5.74) is 6.48. The average molecular weight is 653 g/mol. The van der Waals surface area contributed by atoms with Crippen LogP contribution in [0.25, 0.3) is 11.1 Å². The molecule has 4 aromatic rings. The van der Waals surface area contributed by atoms with Crippen molar-refractivity contribution in [1.82, 2.24) is 5.32 Å². The second-order valence-electron chi connectivity index (χ2n) is 11.4. The number of anilines is 1. The van der Waals surface area contributed by atoms with Gasteiger partial charge in [-0.25, -0.2) is 4.79 Å². The highest BCUT2D eigenvalue weighted by atomic mass is 32.2. The molecule has 2 amide bonds. The molecule has 1 saturated heterocycles. The van der Waals surface area contributed by atoms with Gasteiger partial charge in [0.05, 0.1) is 18.8 Å². The second kappa shape index (κ2) is 16.4. The fourth-order valence-corrected chi connectivity index (χ4v) is 6.48. The molecule has 0 aromatic heterocycles. The Morgan fingerprint density at radius 1 is 0.915 bits per heavy atom. The Morgan fingerprint density at radius 3 is 2.34 bits per heavy atom. The third-order valence-electron chi connectivity index (χ3n) is 7.90. The molecule has 8 nitrogen and oxygen atoms in total. The van der Waals surface area contributed by atoms with Crippen molar-refractivity contribution >= 4 is 29.4 Å². The topological polar surface area (TPSA) is 106 Å². The van der Waals surface area contributed by atoms with E-state index in [2.05, 4.69) is 30.2 Å². The number of ether oxygens (including phenoxy) is 3. The first-order valence-corrected chi connectivity index (χ1v) is 16.5. The highest BCUT2D eigenvalue weighted by Gasteiger charge is 2.38. The SMILES string of the molecule is C=CCOC(=O)NCc1cccc(-c2cccc(C3OC(CSc4ccc(NC(C)=O)cc4)C(C)C(c4ccc(CO)cc4)O3)c2)c1. The van der Waals surface area contributed by atoms with Gasteiger partial charge in [0.2, 0.25) is 5.91 Å². The van der Waals surface area contributed by atoms with Crippen molar-refractivity contribution in [2.24, 2.45) is 5.92 Å². The molecule has 244 valence electrons. The molecular weight excluding hydrogens is 612 g/mol. The van der Waals surface area contributed by atoms with Crippen LogP contribution in [0.15, 0.2) is 115 Å². The Kier molecular flexibility index (Phi) is 11.9. The molecule has 3 N–H and O–H groups in total. The van der Waals surface area contributed by atoms with Crippen LogP contribution in [0.1, 0.15) is 48.5 Å². The van der Waals surface area contributed by atoms with E-state index in [-0.39, 0.29) is 37.2 Å². The molecule has 4 unspecified atom stereocenters. The molecule has 1 heterocycles. The van der Waals surface area contributed by atoms with Gasteiger partial charge in [0.1, 0.15) is 6.61 Å². The molecule has 0 bridgehead atoms. The van der Waals surface area contributed by atoms with Gasteiger partial charge < -0.3 is 30.0 Å². The van der Waals surface area contributed by atoms with Crippen LogP contribution >= 0.6 is 11.8 Å².